The monoisotopic (exact) mass is 437 g/mol. The number of benzene rings is 2. The van der Waals surface area contributed by atoms with Crippen molar-refractivity contribution >= 4 is 17.6 Å². The van der Waals surface area contributed by atoms with E-state index in [1.165, 1.54) is 25.2 Å². The van der Waals surface area contributed by atoms with Crippen LogP contribution in [0.1, 0.15) is 11.1 Å². The predicted octanol–water partition coefficient (Wildman–Crippen LogP) is 1.82. The van der Waals surface area contributed by atoms with E-state index in [2.05, 4.69) is 11.4 Å². The smallest absolute Gasteiger partial charge is 0.337 e. The van der Waals surface area contributed by atoms with Crippen molar-refractivity contribution in [1.82, 2.24) is 4.90 Å². The Morgan fingerprint density at radius 3 is 2.59 bits per heavy atom. The van der Waals surface area contributed by atoms with Crippen LogP contribution in [0, 0.1) is 11.3 Å². The molecule has 1 amide bonds. The summed E-state index contributed by atoms with van der Waals surface area (Å²) in [6.07, 6.45) is 0. The summed E-state index contributed by atoms with van der Waals surface area (Å²) in [6.45, 7) is 0.0618. The van der Waals surface area contributed by atoms with E-state index in [1.807, 2.05) is 30.3 Å². The van der Waals surface area contributed by atoms with Crippen molar-refractivity contribution in [3.05, 3.63) is 64.9 Å². The highest BCUT2D eigenvalue weighted by Gasteiger charge is 2.35. The summed E-state index contributed by atoms with van der Waals surface area (Å²) in [4.78, 5) is 26.3. The minimum atomic E-state index is -0.672. The Hall–Kier alpha value is -4.03. The molecule has 0 unspecified atom stereocenters. The number of methoxy groups -OCH3 is 2. The number of hydrogen-bond donors (Lipinski definition) is 2. The minimum Gasteiger partial charge on any atom is -0.493 e. The number of esters is 1. The molecule has 9 nitrogen and oxygen atoms in total. The number of nitriles is 1. The molecule has 166 valence electrons. The van der Waals surface area contributed by atoms with Crippen molar-refractivity contribution in [2.45, 2.75) is 6.61 Å². The number of ether oxygens (including phenoxy) is 3. The van der Waals surface area contributed by atoms with Crippen LogP contribution < -0.4 is 14.8 Å². The van der Waals surface area contributed by atoms with Crippen LogP contribution in [0.15, 0.2) is 53.7 Å². The molecule has 1 aliphatic rings. The summed E-state index contributed by atoms with van der Waals surface area (Å²) in [7, 11) is 2.68. The van der Waals surface area contributed by atoms with Crippen molar-refractivity contribution in [1.29, 1.82) is 5.26 Å². The molecule has 32 heavy (non-hydrogen) atoms. The quantitative estimate of drug-likeness (QED) is 0.570. The average molecular weight is 437 g/mol. The minimum absolute atomic E-state index is 0.0101. The molecular formula is C23H23N3O6. The van der Waals surface area contributed by atoms with E-state index in [9.17, 15) is 20.0 Å². The SMILES string of the molecule is COC(=O)C1=C(Nc2cc(OCc3ccccc3)c(OC)cc2C#N)C(=O)N(CCO)C1. The number of aliphatic hydroxyl groups excluding tert-OH is 1. The highest BCUT2D eigenvalue weighted by molar-refractivity contribution is 6.08. The Bertz CT molecular complexity index is 1080. The lowest BCUT2D eigenvalue weighted by Crippen LogP contribution is -2.31. The second-order valence-corrected chi connectivity index (χ2v) is 6.86. The molecule has 2 aromatic carbocycles. The summed E-state index contributed by atoms with van der Waals surface area (Å²) in [6, 6.07) is 14.6. The highest BCUT2D eigenvalue weighted by atomic mass is 16.5. The molecule has 0 bridgehead atoms. The van der Waals surface area contributed by atoms with E-state index < -0.39 is 11.9 Å². The summed E-state index contributed by atoms with van der Waals surface area (Å²) in [5, 5.41) is 21.7. The number of amides is 1. The second-order valence-electron chi connectivity index (χ2n) is 6.86. The van der Waals surface area contributed by atoms with Gasteiger partial charge in [-0.3, -0.25) is 4.79 Å². The van der Waals surface area contributed by atoms with Gasteiger partial charge < -0.3 is 29.5 Å². The predicted molar refractivity (Wildman–Crippen MR) is 115 cm³/mol. The van der Waals surface area contributed by atoms with Crippen LogP contribution in [0.3, 0.4) is 0 Å². The van der Waals surface area contributed by atoms with Gasteiger partial charge in [-0.25, -0.2) is 4.79 Å². The number of rotatable bonds is 9. The van der Waals surface area contributed by atoms with Gasteiger partial charge in [0.15, 0.2) is 11.5 Å². The van der Waals surface area contributed by atoms with Crippen LogP contribution in [0.25, 0.3) is 0 Å². The third kappa shape index (κ3) is 4.82. The molecule has 0 spiro atoms. The fourth-order valence-electron chi connectivity index (χ4n) is 3.25. The number of aliphatic hydroxyl groups is 1. The Morgan fingerprint density at radius 1 is 1.22 bits per heavy atom. The van der Waals surface area contributed by atoms with Crippen LogP contribution in [0.5, 0.6) is 11.5 Å². The molecule has 0 aromatic heterocycles. The largest absolute Gasteiger partial charge is 0.493 e. The molecule has 0 saturated carbocycles. The van der Waals surface area contributed by atoms with Gasteiger partial charge in [-0.15, -0.1) is 0 Å². The topological polar surface area (TPSA) is 121 Å². The van der Waals surface area contributed by atoms with E-state index in [1.54, 1.807) is 6.07 Å². The van der Waals surface area contributed by atoms with Crippen LogP contribution in [0.2, 0.25) is 0 Å². The molecule has 9 heteroatoms. The first-order chi connectivity index (χ1) is 15.5. The van der Waals surface area contributed by atoms with Gasteiger partial charge in [-0.2, -0.15) is 5.26 Å². The molecule has 2 aromatic rings. The van der Waals surface area contributed by atoms with Gasteiger partial charge in [0.2, 0.25) is 0 Å². The van der Waals surface area contributed by atoms with Gasteiger partial charge in [0.05, 0.1) is 44.2 Å². The van der Waals surface area contributed by atoms with Crippen LogP contribution in [-0.2, 0) is 20.9 Å². The van der Waals surface area contributed by atoms with Crippen molar-refractivity contribution in [2.24, 2.45) is 0 Å². The lowest BCUT2D eigenvalue weighted by Gasteiger charge is -2.17. The van der Waals surface area contributed by atoms with Crippen molar-refractivity contribution in [3.63, 3.8) is 0 Å². The normalized spacial score (nSPS) is 13.1. The summed E-state index contributed by atoms with van der Waals surface area (Å²) >= 11 is 0. The van der Waals surface area contributed by atoms with Crippen LogP contribution >= 0.6 is 0 Å². The maximum Gasteiger partial charge on any atom is 0.337 e. The van der Waals surface area contributed by atoms with Gasteiger partial charge in [-0.1, -0.05) is 30.3 Å². The number of nitrogens with zero attached hydrogens (tertiary/aromatic N) is 2. The lowest BCUT2D eigenvalue weighted by atomic mass is 10.1. The van der Waals surface area contributed by atoms with Gasteiger partial charge in [0.1, 0.15) is 18.4 Å². The molecule has 0 fully saturated rings. The summed E-state index contributed by atoms with van der Waals surface area (Å²) < 4.78 is 16.0. The fourth-order valence-corrected chi connectivity index (χ4v) is 3.25. The van der Waals surface area contributed by atoms with Gasteiger partial charge >= 0.3 is 5.97 Å². The molecule has 2 N–H and O–H groups in total. The van der Waals surface area contributed by atoms with Gasteiger partial charge in [-0.05, 0) is 5.56 Å². The van der Waals surface area contributed by atoms with E-state index in [0.29, 0.717) is 11.5 Å². The fraction of sp³-hybridized carbons (Fsp3) is 0.261. The number of β-amino-alcohol motifs (C(OH)–C–C–N with tert-alkyl or cyclic N) is 1. The molecular weight excluding hydrogens is 414 g/mol. The zero-order valence-corrected chi connectivity index (χ0v) is 17.8. The first-order valence-electron chi connectivity index (χ1n) is 9.79. The lowest BCUT2D eigenvalue weighted by molar-refractivity contribution is -0.136. The third-order valence-electron chi connectivity index (χ3n) is 4.87. The Labute approximate surface area is 185 Å². The molecule has 0 radical (unpaired) electrons. The van der Waals surface area contributed by atoms with Crippen LogP contribution in [-0.4, -0.2) is 55.8 Å². The molecule has 0 saturated heterocycles. The average Bonchev–Trinajstić information content (AvgIpc) is 3.13. The maximum atomic E-state index is 12.8. The first-order valence-corrected chi connectivity index (χ1v) is 9.79. The highest BCUT2D eigenvalue weighted by Crippen LogP contribution is 2.35. The van der Waals surface area contributed by atoms with Gasteiger partial charge in [0, 0.05) is 18.7 Å². The molecule has 0 aliphatic carbocycles. The summed E-state index contributed by atoms with van der Waals surface area (Å²) in [5.41, 5.74) is 1.50. The number of hydrogen-bond acceptors (Lipinski definition) is 8. The number of anilines is 1. The zero-order chi connectivity index (χ0) is 23.1. The van der Waals surface area contributed by atoms with E-state index in [4.69, 9.17) is 14.2 Å². The number of carbonyl (C=O) groups is 2. The molecule has 3 rings (SSSR count). The second kappa shape index (κ2) is 10.3. The van der Waals surface area contributed by atoms with Gasteiger partial charge in [0.25, 0.3) is 5.91 Å². The third-order valence-corrected chi connectivity index (χ3v) is 4.87. The first kappa shape index (κ1) is 22.7. The molecule has 1 aliphatic heterocycles. The van der Waals surface area contributed by atoms with E-state index >= 15 is 0 Å². The zero-order valence-electron chi connectivity index (χ0n) is 17.8. The Kier molecular flexibility index (Phi) is 7.31. The summed E-state index contributed by atoms with van der Waals surface area (Å²) in [5.74, 6) is -0.444. The maximum absolute atomic E-state index is 12.8. The molecule has 0 atom stereocenters. The Balaban J connectivity index is 1.95. The van der Waals surface area contributed by atoms with E-state index in [-0.39, 0.29) is 48.8 Å². The number of nitrogens with one attached hydrogen (secondary N) is 1. The van der Waals surface area contributed by atoms with Crippen molar-refractivity contribution in [3.8, 4) is 17.6 Å². The van der Waals surface area contributed by atoms with E-state index in [0.717, 1.165) is 5.56 Å². The number of carbonyl (C=O) groups excluding carboxylic acids is 2. The molecule has 1 heterocycles. The standard InChI is InChI=1S/C23H23N3O6/c1-30-19-10-16(12-24)18(11-20(19)32-14-15-6-4-3-5-7-15)25-21-17(23(29)31-2)13-26(8-9-27)22(21)28/h3-7,10-11,25,27H,8-9,13-14H2,1-2H3. The van der Waals surface area contributed by atoms with Crippen molar-refractivity contribution < 1.29 is 28.9 Å². The van der Waals surface area contributed by atoms with Crippen LogP contribution in [0.4, 0.5) is 5.69 Å². The Morgan fingerprint density at radius 2 is 1.97 bits per heavy atom. The van der Waals surface area contributed by atoms with Crippen molar-refractivity contribution in [2.75, 3.05) is 39.2 Å².